The normalized spacial score (nSPS) is 18.1. The Morgan fingerprint density at radius 1 is 1.03 bits per heavy atom. The molecule has 0 saturated heterocycles. The predicted molar refractivity (Wildman–Crippen MR) is 121 cm³/mol. The van der Waals surface area contributed by atoms with Gasteiger partial charge in [0, 0.05) is 12.8 Å². The van der Waals surface area contributed by atoms with Crippen LogP contribution in [0.1, 0.15) is 58.1 Å². The number of hydrogen-bond donors (Lipinski definition) is 0. The van der Waals surface area contributed by atoms with E-state index in [0.717, 1.165) is 22.4 Å². The molecule has 0 radical (unpaired) electrons. The van der Waals surface area contributed by atoms with Crippen LogP contribution in [-0.2, 0) is 16.1 Å². The summed E-state index contributed by atoms with van der Waals surface area (Å²) < 4.78 is 13.0. The topological polar surface area (TPSA) is 37.4 Å². The van der Waals surface area contributed by atoms with Crippen LogP contribution in [0.3, 0.4) is 0 Å². The van der Waals surface area contributed by atoms with Crippen molar-refractivity contribution in [1.82, 2.24) is 4.90 Å². The molecule has 0 aromatic heterocycles. The van der Waals surface area contributed by atoms with Crippen molar-refractivity contribution in [3.63, 3.8) is 0 Å². The molecule has 1 aliphatic heterocycles. The van der Waals surface area contributed by atoms with E-state index in [0.29, 0.717) is 13.0 Å². The van der Waals surface area contributed by atoms with E-state index in [1.165, 1.54) is 0 Å². The Hall–Kier alpha value is -2.75. The summed E-state index contributed by atoms with van der Waals surface area (Å²) in [5.41, 5.74) is 2.72. The van der Waals surface area contributed by atoms with Gasteiger partial charge in [-0.2, -0.15) is 4.39 Å². The molecule has 0 N–H and O–H groups in total. The van der Waals surface area contributed by atoms with E-state index in [9.17, 15) is 14.0 Å². The minimum Gasteiger partial charge on any atom is -0.307 e. The first-order valence-electron chi connectivity index (χ1n) is 10.2. The zero-order valence-electron chi connectivity index (χ0n) is 18.5. The summed E-state index contributed by atoms with van der Waals surface area (Å²) in [6, 6.07) is 6.65. The molecule has 3 nitrogen and oxygen atoms in total. The molecule has 0 fully saturated rings. The molecule has 1 amide bonds. The third kappa shape index (κ3) is 6.12. The number of halogens is 1. The maximum atomic E-state index is 13.5. The number of benzene rings is 1. The number of allylic oxidation sites excluding steroid dienone is 4. The molecule has 0 atom stereocenters. The molecule has 30 heavy (non-hydrogen) atoms. The van der Waals surface area contributed by atoms with Crippen LogP contribution in [0.5, 0.6) is 0 Å². The molecule has 4 heteroatoms. The first-order valence-corrected chi connectivity index (χ1v) is 10.2. The van der Waals surface area contributed by atoms with Gasteiger partial charge in [-0.25, -0.2) is 0 Å². The largest absolute Gasteiger partial charge is 0.307 e. The van der Waals surface area contributed by atoms with Crippen molar-refractivity contribution in [3.8, 4) is 0 Å². The van der Waals surface area contributed by atoms with Gasteiger partial charge in [0.05, 0.1) is 12.2 Å². The van der Waals surface area contributed by atoms with Crippen molar-refractivity contribution in [2.45, 2.75) is 53.5 Å². The van der Waals surface area contributed by atoms with Crippen LogP contribution < -0.4 is 0 Å². The number of fused-ring (bicyclic) bond motifs is 1. The van der Waals surface area contributed by atoms with Crippen LogP contribution in [0.2, 0.25) is 0 Å². The standard InChI is InChI=1S/C26H32FNO2/c1-7-19-13-14-20-11-9-10-12-21(20)17-28(22(19)8-2)24(30)16-26(5,6)18-25(3,4)15-23(27)29/h7-14H,1-2,15-18H2,3-6H3/b14-13-,22-19-. The second-order valence-electron chi connectivity index (χ2n) is 9.47. The van der Waals surface area contributed by atoms with Crippen LogP contribution in [0, 0.1) is 10.8 Å². The van der Waals surface area contributed by atoms with Gasteiger partial charge in [-0.1, -0.05) is 83.3 Å². The molecule has 0 unspecified atom stereocenters. The molecular formula is C26H32FNO2. The molecule has 1 aromatic carbocycles. The maximum absolute atomic E-state index is 13.5. The summed E-state index contributed by atoms with van der Waals surface area (Å²) >= 11 is 0. The summed E-state index contributed by atoms with van der Waals surface area (Å²) in [6.07, 6.45) is 8.05. The van der Waals surface area contributed by atoms with Gasteiger partial charge in [0.15, 0.2) is 0 Å². The van der Waals surface area contributed by atoms with Gasteiger partial charge in [0.1, 0.15) is 0 Å². The molecule has 0 saturated carbocycles. The van der Waals surface area contributed by atoms with Gasteiger partial charge in [-0.3, -0.25) is 9.59 Å². The lowest BCUT2D eigenvalue weighted by molar-refractivity contribution is -0.132. The van der Waals surface area contributed by atoms with E-state index in [2.05, 4.69) is 13.2 Å². The predicted octanol–water partition coefficient (Wildman–Crippen LogP) is 6.39. The highest BCUT2D eigenvalue weighted by Crippen LogP contribution is 2.39. The van der Waals surface area contributed by atoms with Crippen molar-refractivity contribution in [2.75, 3.05) is 0 Å². The average molecular weight is 410 g/mol. The number of rotatable bonds is 8. The Kier molecular flexibility index (Phi) is 7.35. The zero-order valence-corrected chi connectivity index (χ0v) is 18.5. The van der Waals surface area contributed by atoms with Crippen LogP contribution in [0.15, 0.2) is 66.9 Å². The Balaban J connectivity index is 2.36. The Morgan fingerprint density at radius 3 is 2.27 bits per heavy atom. The molecule has 1 aromatic rings. The van der Waals surface area contributed by atoms with Crippen molar-refractivity contribution in [3.05, 3.63) is 78.0 Å². The number of carbonyl (C=O) groups excluding carboxylic acids is 2. The van der Waals surface area contributed by atoms with Gasteiger partial charge >= 0.3 is 6.04 Å². The number of carbonyl (C=O) groups is 2. The highest BCUT2D eigenvalue weighted by atomic mass is 19.1. The smallest absolute Gasteiger partial charge is 0.302 e. The molecule has 0 bridgehead atoms. The second-order valence-corrected chi connectivity index (χ2v) is 9.47. The minimum atomic E-state index is -1.32. The Labute approximate surface area is 179 Å². The van der Waals surface area contributed by atoms with E-state index in [-0.39, 0.29) is 18.7 Å². The summed E-state index contributed by atoms with van der Waals surface area (Å²) in [6.45, 7) is 15.9. The molecule has 0 aliphatic carbocycles. The van der Waals surface area contributed by atoms with E-state index < -0.39 is 16.9 Å². The van der Waals surface area contributed by atoms with Gasteiger partial charge in [0.2, 0.25) is 5.91 Å². The fraction of sp³-hybridized carbons (Fsp3) is 0.385. The lowest BCUT2D eigenvalue weighted by Crippen LogP contribution is -2.35. The first-order chi connectivity index (χ1) is 14.0. The number of hydrogen-bond acceptors (Lipinski definition) is 2. The molecule has 2 rings (SSSR count). The zero-order chi connectivity index (χ0) is 22.5. The molecule has 1 aliphatic rings. The van der Waals surface area contributed by atoms with Crippen molar-refractivity contribution in [1.29, 1.82) is 0 Å². The van der Waals surface area contributed by atoms with Gasteiger partial charge in [-0.05, 0) is 40.0 Å². The summed E-state index contributed by atoms with van der Waals surface area (Å²) in [7, 11) is 0. The highest BCUT2D eigenvalue weighted by Gasteiger charge is 2.34. The van der Waals surface area contributed by atoms with Crippen LogP contribution in [0.4, 0.5) is 4.39 Å². The molecule has 1 heterocycles. The van der Waals surface area contributed by atoms with Crippen LogP contribution >= 0.6 is 0 Å². The first kappa shape index (κ1) is 23.5. The van der Waals surface area contributed by atoms with Crippen LogP contribution in [-0.4, -0.2) is 16.8 Å². The van der Waals surface area contributed by atoms with E-state index >= 15 is 0 Å². The van der Waals surface area contributed by atoms with Crippen LogP contribution in [0.25, 0.3) is 6.08 Å². The van der Waals surface area contributed by atoms with Gasteiger partial charge in [-0.15, -0.1) is 0 Å². The van der Waals surface area contributed by atoms with E-state index in [1.807, 2.05) is 64.1 Å². The molecule has 0 spiro atoms. The summed E-state index contributed by atoms with van der Waals surface area (Å²) in [4.78, 5) is 26.2. The lowest BCUT2D eigenvalue weighted by atomic mass is 9.71. The highest BCUT2D eigenvalue weighted by molar-refractivity contribution is 5.80. The molecular weight excluding hydrogens is 377 g/mol. The maximum Gasteiger partial charge on any atom is 0.302 e. The van der Waals surface area contributed by atoms with Crippen molar-refractivity contribution in [2.24, 2.45) is 10.8 Å². The third-order valence-electron chi connectivity index (χ3n) is 5.33. The lowest BCUT2D eigenvalue weighted by Gasteiger charge is -2.36. The summed E-state index contributed by atoms with van der Waals surface area (Å²) in [5.74, 6) is -0.0401. The van der Waals surface area contributed by atoms with Crippen molar-refractivity contribution < 1.29 is 14.0 Å². The minimum absolute atomic E-state index is 0.0401. The number of nitrogens with zero attached hydrogens (tertiary/aromatic N) is 1. The molecule has 160 valence electrons. The number of amides is 1. The second kappa shape index (κ2) is 9.38. The fourth-order valence-corrected chi connectivity index (χ4v) is 4.44. The quantitative estimate of drug-likeness (QED) is 0.467. The average Bonchev–Trinajstić information content (AvgIpc) is 2.59. The van der Waals surface area contributed by atoms with E-state index in [1.54, 1.807) is 17.1 Å². The van der Waals surface area contributed by atoms with Crippen molar-refractivity contribution >= 4 is 18.0 Å². The Morgan fingerprint density at radius 2 is 1.67 bits per heavy atom. The third-order valence-corrected chi connectivity index (χ3v) is 5.33. The Bertz CT molecular complexity index is 905. The SMILES string of the molecule is C=CC1=C(\C=C)N(C(=O)CC(C)(C)CC(C)(C)CC(=O)F)Cc2ccccc2/C=C\1. The fourth-order valence-electron chi connectivity index (χ4n) is 4.44. The van der Waals surface area contributed by atoms with Gasteiger partial charge in [0.25, 0.3) is 0 Å². The van der Waals surface area contributed by atoms with Gasteiger partial charge < -0.3 is 4.90 Å². The van der Waals surface area contributed by atoms with E-state index in [4.69, 9.17) is 0 Å². The monoisotopic (exact) mass is 409 g/mol. The summed E-state index contributed by atoms with van der Waals surface area (Å²) in [5, 5.41) is 0.